The molecule has 0 aromatic heterocycles. The van der Waals surface area contributed by atoms with Crippen LogP contribution in [0.4, 0.5) is 4.39 Å². The van der Waals surface area contributed by atoms with Gasteiger partial charge in [-0.1, -0.05) is 12.1 Å². The summed E-state index contributed by atoms with van der Waals surface area (Å²) >= 11 is 0. The third-order valence-corrected chi connectivity index (χ3v) is 4.00. The molecule has 0 bridgehead atoms. The Hall–Kier alpha value is -0.930. The number of aryl methyl sites for hydroxylation is 1. The number of likely N-dealkylation sites (tertiary alicyclic amines) is 1. The third kappa shape index (κ3) is 3.30. The zero-order valence-corrected chi connectivity index (χ0v) is 11.3. The van der Waals surface area contributed by atoms with Crippen LogP contribution in [0.5, 0.6) is 0 Å². The Morgan fingerprint density at radius 1 is 1.39 bits per heavy atom. The number of benzene rings is 1. The van der Waals surface area contributed by atoms with Crippen LogP contribution in [-0.4, -0.2) is 24.0 Å². The van der Waals surface area contributed by atoms with Gasteiger partial charge in [-0.15, -0.1) is 0 Å². The molecule has 2 nitrogen and oxygen atoms in total. The second-order valence-electron chi connectivity index (χ2n) is 5.56. The molecule has 2 N–H and O–H groups in total. The van der Waals surface area contributed by atoms with Crippen LogP contribution in [0.2, 0.25) is 0 Å². The molecule has 2 rings (SSSR count). The Balaban J connectivity index is 1.89. The van der Waals surface area contributed by atoms with Gasteiger partial charge in [0.15, 0.2) is 0 Å². The highest BCUT2D eigenvalue weighted by atomic mass is 19.1. The van der Waals surface area contributed by atoms with Crippen LogP contribution in [0.25, 0.3) is 0 Å². The highest BCUT2D eigenvalue weighted by molar-refractivity contribution is 5.23. The number of hydrogen-bond donors (Lipinski definition) is 1. The van der Waals surface area contributed by atoms with Crippen molar-refractivity contribution in [2.24, 2.45) is 11.7 Å². The molecule has 1 aliphatic rings. The SMILES string of the molecule is Cc1cc(CN2CCC(C(C)N)CC2)ccc1F. The predicted octanol–water partition coefficient (Wildman–Crippen LogP) is 2.69. The number of hydrogen-bond acceptors (Lipinski definition) is 2. The normalized spacial score (nSPS) is 20.0. The van der Waals surface area contributed by atoms with Crippen LogP contribution in [-0.2, 0) is 6.54 Å². The fourth-order valence-electron chi connectivity index (χ4n) is 2.70. The number of nitrogens with two attached hydrogens (primary N) is 1. The summed E-state index contributed by atoms with van der Waals surface area (Å²) in [5, 5.41) is 0. The molecule has 1 heterocycles. The molecule has 3 heteroatoms. The number of halogens is 1. The van der Waals surface area contributed by atoms with Gasteiger partial charge < -0.3 is 5.73 Å². The summed E-state index contributed by atoms with van der Waals surface area (Å²) in [7, 11) is 0. The summed E-state index contributed by atoms with van der Waals surface area (Å²) < 4.78 is 13.2. The van der Waals surface area contributed by atoms with E-state index in [9.17, 15) is 4.39 Å². The quantitative estimate of drug-likeness (QED) is 0.893. The number of nitrogens with zero attached hydrogens (tertiary/aromatic N) is 1. The van der Waals surface area contributed by atoms with Gasteiger partial charge in [0.25, 0.3) is 0 Å². The molecule has 1 atom stereocenters. The van der Waals surface area contributed by atoms with Crippen molar-refractivity contribution in [3.63, 3.8) is 0 Å². The van der Waals surface area contributed by atoms with Gasteiger partial charge in [-0.05, 0) is 62.9 Å². The van der Waals surface area contributed by atoms with E-state index < -0.39 is 0 Å². The van der Waals surface area contributed by atoms with E-state index in [1.165, 1.54) is 18.4 Å². The van der Waals surface area contributed by atoms with Crippen LogP contribution < -0.4 is 5.73 Å². The maximum atomic E-state index is 13.2. The minimum atomic E-state index is -0.116. The average molecular weight is 250 g/mol. The Bertz CT molecular complexity index is 395. The van der Waals surface area contributed by atoms with Crippen molar-refractivity contribution in [2.75, 3.05) is 13.1 Å². The van der Waals surface area contributed by atoms with E-state index in [4.69, 9.17) is 5.73 Å². The molecule has 0 radical (unpaired) electrons. The summed E-state index contributed by atoms with van der Waals surface area (Å²) in [6.45, 7) is 7.04. The standard InChI is InChI=1S/C15H23FN2/c1-11-9-13(3-4-15(11)16)10-18-7-5-14(6-8-18)12(2)17/h3-4,9,12,14H,5-8,10,17H2,1-2H3. The van der Waals surface area contributed by atoms with Gasteiger partial charge in [-0.3, -0.25) is 4.90 Å². The van der Waals surface area contributed by atoms with Gasteiger partial charge in [-0.2, -0.15) is 0 Å². The fourth-order valence-corrected chi connectivity index (χ4v) is 2.70. The maximum Gasteiger partial charge on any atom is 0.126 e. The van der Waals surface area contributed by atoms with E-state index in [2.05, 4.69) is 11.8 Å². The van der Waals surface area contributed by atoms with Crippen LogP contribution in [0.3, 0.4) is 0 Å². The van der Waals surface area contributed by atoms with Gasteiger partial charge in [0.2, 0.25) is 0 Å². The lowest BCUT2D eigenvalue weighted by Gasteiger charge is -2.33. The Kier molecular flexibility index (Phi) is 4.36. The molecule has 1 fully saturated rings. The fraction of sp³-hybridized carbons (Fsp3) is 0.600. The zero-order valence-electron chi connectivity index (χ0n) is 11.3. The Morgan fingerprint density at radius 3 is 2.61 bits per heavy atom. The first kappa shape index (κ1) is 13.5. The van der Waals surface area contributed by atoms with Crippen molar-refractivity contribution in [2.45, 2.75) is 39.3 Å². The molecule has 1 aromatic carbocycles. The first-order chi connectivity index (χ1) is 8.56. The second kappa shape index (κ2) is 5.81. The molecule has 1 aromatic rings. The van der Waals surface area contributed by atoms with Gasteiger partial charge >= 0.3 is 0 Å². The van der Waals surface area contributed by atoms with Gasteiger partial charge in [0, 0.05) is 12.6 Å². The van der Waals surface area contributed by atoms with Gasteiger partial charge in [0.1, 0.15) is 5.82 Å². The van der Waals surface area contributed by atoms with E-state index in [-0.39, 0.29) is 5.82 Å². The minimum Gasteiger partial charge on any atom is -0.328 e. The molecular formula is C15H23FN2. The largest absolute Gasteiger partial charge is 0.328 e. The van der Waals surface area contributed by atoms with Crippen LogP contribution in [0.1, 0.15) is 30.9 Å². The molecular weight excluding hydrogens is 227 g/mol. The highest BCUT2D eigenvalue weighted by Gasteiger charge is 2.21. The molecule has 0 aliphatic carbocycles. The Labute approximate surface area is 109 Å². The van der Waals surface area contributed by atoms with Crippen LogP contribution in [0, 0.1) is 18.7 Å². The molecule has 0 amide bonds. The molecule has 1 unspecified atom stereocenters. The molecule has 100 valence electrons. The summed E-state index contributed by atoms with van der Waals surface area (Å²) in [5.74, 6) is 0.547. The summed E-state index contributed by atoms with van der Waals surface area (Å²) in [6.07, 6.45) is 2.36. The lowest BCUT2D eigenvalue weighted by molar-refractivity contribution is 0.165. The van der Waals surface area contributed by atoms with Crippen molar-refractivity contribution in [1.29, 1.82) is 0 Å². The van der Waals surface area contributed by atoms with Gasteiger partial charge in [0.05, 0.1) is 0 Å². The van der Waals surface area contributed by atoms with Crippen LogP contribution >= 0.6 is 0 Å². The molecule has 1 saturated heterocycles. The van der Waals surface area contributed by atoms with Crippen molar-refractivity contribution in [3.05, 3.63) is 35.1 Å². The predicted molar refractivity (Wildman–Crippen MR) is 72.8 cm³/mol. The second-order valence-corrected chi connectivity index (χ2v) is 5.56. The zero-order chi connectivity index (χ0) is 13.1. The smallest absolute Gasteiger partial charge is 0.126 e. The first-order valence-corrected chi connectivity index (χ1v) is 6.79. The van der Waals surface area contributed by atoms with E-state index in [1.807, 2.05) is 19.1 Å². The van der Waals surface area contributed by atoms with E-state index in [0.717, 1.165) is 25.2 Å². The lowest BCUT2D eigenvalue weighted by Crippen LogP contribution is -2.39. The van der Waals surface area contributed by atoms with E-state index in [0.29, 0.717) is 12.0 Å². The molecule has 18 heavy (non-hydrogen) atoms. The minimum absolute atomic E-state index is 0.116. The van der Waals surface area contributed by atoms with Crippen molar-refractivity contribution in [3.8, 4) is 0 Å². The monoisotopic (exact) mass is 250 g/mol. The highest BCUT2D eigenvalue weighted by Crippen LogP contribution is 2.21. The van der Waals surface area contributed by atoms with E-state index >= 15 is 0 Å². The Morgan fingerprint density at radius 2 is 2.06 bits per heavy atom. The average Bonchev–Trinajstić information content (AvgIpc) is 2.34. The van der Waals surface area contributed by atoms with Gasteiger partial charge in [-0.25, -0.2) is 4.39 Å². The first-order valence-electron chi connectivity index (χ1n) is 6.79. The summed E-state index contributed by atoms with van der Waals surface area (Å²) in [5.41, 5.74) is 7.88. The molecule has 0 saturated carbocycles. The maximum absolute atomic E-state index is 13.2. The lowest BCUT2D eigenvalue weighted by atomic mass is 9.91. The number of rotatable bonds is 3. The third-order valence-electron chi connectivity index (χ3n) is 4.00. The molecule has 0 spiro atoms. The summed E-state index contributed by atoms with van der Waals surface area (Å²) in [4.78, 5) is 2.44. The van der Waals surface area contributed by atoms with Crippen molar-refractivity contribution >= 4 is 0 Å². The number of piperidine rings is 1. The topological polar surface area (TPSA) is 29.3 Å². The molecule has 1 aliphatic heterocycles. The van der Waals surface area contributed by atoms with E-state index in [1.54, 1.807) is 6.07 Å². The van der Waals surface area contributed by atoms with Crippen molar-refractivity contribution in [1.82, 2.24) is 4.90 Å². The van der Waals surface area contributed by atoms with Crippen molar-refractivity contribution < 1.29 is 4.39 Å². The van der Waals surface area contributed by atoms with Crippen LogP contribution in [0.15, 0.2) is 18.2 Å². The summed E-state index contributed by atoms with van der Waals surface area (Å²) in [6, 6.07) is 5.71.